The number of alkyl carbamates (subject to hydrolysis) is 2. The summed E-state index contributed by atoms with van der Waals surface area (Å²) >= 11 is 16.8. The normalized spacial score (nSPS) is 29.7. The molecular formula is C31H45Cl3N2O14. The number of aryl methyl sites for hydroxylation is 1. The van der Waals surface area contributed by atoms with Gasteiger partial charge in [-0.15, -0.1) is 0 Å². The summed E-state index contributed by atoms with van der Waals surface area (Å²) in [5.41, 5.74) is 0.734. The molecule has 10 atom stereocenters. The van der Waals surface area contributed by atoms with E-state index in [-0.39, 0.29) is 30.4 Å². The fourth-order valence-corrected chi connectivity index (χ4v) is 5.50. The fraction of sp³-hybridized carbons (Fsp3) is 0.677. The summed E-state index contributed by atoms with van der Waals surface area (Å²) in [5, 5.41) is 47.8. The lowest BCUT2D eigenvalue weighted by Gasteiger charge is -2.47. The molecule has 2 fully saturated rings. The molecule has 0 spiro atoms. The zero-order valence-corrected chi connectivity index (χ0v) is 30.2. The predicted octanol–water partition coefficient (Wildman–Crippen LogP) is 1.96. The van der Waals surface area contributed by atoms with E-state index in [4.69, 9.17) is 72.7 Å². The van der Waals surface area contributed by atoms with Crippen LogP contribution in [0.1, 0.15) is 25.8 Å². The Kier molecular flexibility index (Phi) is 16.2. The summed E-state index contributed by atoms with van der Waals surface area (Å²) in [6.07, 6.45) is -9.92. The molecule has 0 aromatic heterocycles. The van der Waals surface area contributed by atoms with Crippen molar-refractivity contribution in [2.75, 3.05) is 40.6 Å². The Bertz CT molecular complexity index is 1250. The zero-order valence-electron chi connectivity index (χ0n) is 28.0. The summed E-state index contributed by atoms with van der Waals surface area (Å²) in [6.45, 7) is 5.85. The van der Waals surface area contributed by atoms with Crippen LogP contribution in [-0.2, 0) is 30.1 Å². The molecule has 1 aromatic carbocycles. The van der Waals surface area contributed by atoms with Crippen molar-refractivity contribution < 1.29 is 67.9 Å². The number of carbonyl (C=O) groups excluding carboxylic acids is 2. The highest BCUT2D eigenvalue weighted by molar-refractivity contribution is 6.67. The first-order valence-electron chi connectivity index (χ1n) is 15.7. The molecular weight excluding hydrogens is 731 g/mol. The van der Waals surface area contributed by atoms with E-state index < -0.39 is 90.4 Å². The number of aliphatic hydroxyl groups excluding tert-OH is 4. The molecule has 0 unspecified atom stereocenters. The molecule has 6 N–H and O–H groups in total. The number of alkyl halides is 3. The molecule has 2 aliphatic rings. The number of hydrogen-bond acceptors (Lipinski definition) is 14. The first-order valence-corrected chi connectivity index (χ1v) is 16.8. The number of carbonyl (C=O) groups is 2. The lowest BCUT2D eigenvalue weighted by molar-refractivity contribution is -0.337. The topological polar surface area (TPSA) is 213 Å². The highest BCUT2D eigenvalue weighted by atomic mass is 35.6. The third kappa shape index (κ3) is 11.5. The van der Waals surface area contributed by atoms with Gasteiger partial charge in [0.25, 0.3) is 0 Å². The molecule has 2 saturated heterocycles. The van der Waals surface area contributed by atoms with Gasteiger partial charge in [0.2, 0.25) is 15.8 Å². The van der Waals surface area contributed by atoms with Gasteiger partial charge in [-0.25, -0.2) is 9.59 Å². The molecule has 0 saturated carbocycles. The van der Waals surface area contributed by atoms with Crippen LogP contribution < -0.4 is 24.8 Å². The van der Waals surface area contributed by atoms with Crippen molar-refractivity contribution in [1.82, 2.24) is 10.6 Å². The first-order chi connectivity index (χ1) is 23.6. The van der Waals surface area contributed by atoms with E-state index >= 15 is 0 Å². The van der Waals surface area contributed by atoms with E-state index in [2.05, 4.69) is 17.2 Å². The Balaban J connectivity index is 1.83. The molecule has 0 radical (unpaired) electrons. The predicted molar refractivity (Wildman–Crippen MR) is 179 cm³/mol. The Morgan fingerprint density at radius 3 is 2.22 bits per heavy atom. The molecule has 0 aliphatic carbocycles. The second-order valence-electron chi connectivity index (χ2n) is 11.6. The van der Waals surface area contributed by atoms with Gasteiger partial charge >= 0.3 is 12.2 Å². The van der Waals surface area contributed by atoms with Crippen LogP contribution >= 0.6 is 34.8 Å². The van der Waals surface area contributed by atoms with E-state index in [1.807, 2.05) is 0 Å². The van der Waals surface area contributed by atoms with Crippen molar-refractivity contribution in [2.45, 2.75) is 85.7 Å². The maximum atomic E-state index is 12.5. The number of hydrogen-bond donors (Lipinski definition) is 6. The third-order valence-electron chi connectivity index (χ3n) is 7.99. The van der Waals surface area contributed by atoms with Gasteiger partial charge in [-0.1, -0.05) is 54.4 Å². The van der Waals surface area contributed by atoms with Crippen LogP contribution in [0.25, 0.3) is 0 Å². The van der Waals surface area contributed by atoms with Crippen molar-refractivity contribution in [3.63, 3.8) is 0 Å². The minimum atomic E-state index is -1.73. The summed E-state index contributed by atoms with van der Waals surface area (Å²) in [6, 6.07) is 2.33. The Labute approximate surface area is 304 Å². The maximum absolute atomic E-state index is 12.5. The molecule has 0 bridgehead atoms. The third-order valence-corrected chi connectivity index (χ3v) is 8.32. The van der Waals surface area contributed by atoms with Crippen LogP contribution in [0, 0.1) is 5.92 Å². The standard InChI is InChI=1S/C31H45Cl3N2O14/c1-6-10-45-30(42)36-21-15(2)22(38)16(3)47-27(21)50-26-24(40)23(39)20(13-37)48-28(26)49-25-18(43-4)11-17(12-19(25)44-5)8-7-9-35-29(41)46-14-31(32,33)34/h6,11-12,15-16,20-24,26-28,37-40H,1,7-10,13-14H2,2-5H3,(H,35,41)(H,36,42)/t15-,16-,20+,21-,22-,23+,24-,26+,27-,28-/m0/s1. The van der Waals surface area contributed by atoms with Crippen LogP contribution in [0.3, 0.4) is 0 Å². The number of amides is 2. The van der Waals surface area contributed by atoms with Gasteiger partial charge in [-0.05, 0) is 37.5 Å². The van der Waals surface area contributed by atoms with E-state index in [9.17, 15) is 30.0 Å². The molecule has 2 heterocycles. The molecule has 284 valence electrons. The molecule has 2 aliphatic heterocycles. The second-order valence-corrected chi connectivity index (χ2v) is 14.1. The summed E-state index contributed by atoms with van der Waals surface area (Å²) in [5.74, 6) is -0.190. The fourth-order valence-electron chi connectivity index (χ4n) is 5.34. The largest absolute Gasteiger partial charge is 0.493 e. The Morgan fingerprint density at radius 2 is 1.64 bits per heavy atom. The number of ether oxygens (including phenoxy) is 8. The SMILES string of the molecule is C=CCOC(=O)N[C@@H]1[C@H](O[C@H]2[C@H](Oc3c(OC)cc(CCCNC(=O)OCC(Cl)(Cl)Cl)cc3OC)O[C@H](CO)[C@@H](O)[C@@H]2O)O[C@@H](C)[C@@H](O)[C@H]1C. The summed E-state index contributed by atoms with van der Waals surface area (Å²) < 4.78 is 43.5. The molecule has 2 amide bonds. The molecule has 3 rings (SSSR count). The zero-order chi connectivity index (χ0) is 37.2. The van der Waals surface area contributed by atoms with Gasteiger partial charge in [0.05, 0.1) is 39.1 Å². The van der Waals surface area contributed by atoms with Crippen LogP contribution in [0.15, 0.2) is 24.8 Å². The van der Waals surface area contributed by atoms with E-state index in [0.717, 1.165) is 5.56 Å². The van der Waals surface area contributed by atoms with Crippen molar-refractivity contribution in [3.05, 3.63) is 30.4 Å². The van der Waals surface area contributed by atoms with Gasteiger partial charge in [-0.2, -0.15) is 0 Å². The average Bonchev–Trinajstić information content (AvgIpc) is 3.08. The number of nitrogens with one attached hydrogen (secondary N) is 2. The lowest BCUT2D eigenvalue weighted by atomic mass is 9.89. The van der Waals surface area contributed by atoms with E-state index in [1.54, 1.807) is 26.0 Å². The van der Waals surface area contributed by atoms with Crippen molar-refractivity contribution in [2.24, 2.45) is 5.92 Å². The Morgan fingerprint density at radius 1 is 0.980 bits per heavy atom. The van der Waals surface area contributed by atoms with Crippen LogP contribution in [0.5, 0.6) is 17.2 Å². The van der Waals surface area contributed by atoms with Crippen molar-refractivity contribution in [1.29, 1.82) is 0 Å². The number of halogens is 3. The number of aliphatic hydroxyl groups is 4. The maximum Gasteiger partial charge on any atom is 0.407 e. The minimum Gasteiger partial charge on any atom is -0.493 e. The number of benzene rings is 1. The van der Waals surface area contributed by atoms with Gasteiger partial charge in [0, 0.05) is 12.5 Å². The summed E-state index contributed by atoms with van der Waals surface area (Å²) in [7, 11) is 2.79. The smallest absolute Gasteiger partial charge is 0.407 e. The summed E-state index contributed by atoms with van der Waals surface area (Å²) in [4.78, 5) is 24.3. The van der Waals surface area contributed by atoms with Gasteiger partial charge in [0.15, 0.2) is 23.9 Å². The highest BCUT2D eigenvalue weighted by Crippen LogP contribution is 2.42. The van der Waals surface area contributed by atoms with Crippen molar-refractivity contribution >= 4 is 47.0 Å². The van der Waals surface area contributed by atoms with Crippen LogP contribution in [0.2, 0.25) is 0 Å². The molecule has 50 heavy (non-hydrogen) atoms. The minimum absolute atomic E-state index is 0.0374. The molecule has 1 aromatic rings. The molecule has 16 nitrogen and oxygen atoms in total. The van der Waals surface area contributed by atoms with E-state index in [0.29, 0.717) is 12.8 Å². The van der Waals surface area contributed by atoms with Gasteiger partial charge in [-0.3, -0.25) is 0 Å². The first kappa shape index (κ1) is 41.9. The van der Waals surface area contributed by atoms with Crippen LogP contribution in [0.4, 0.5) is 9.59 Å². The highest BCUT2D eigenvalue weighted by Gasteiger charge is 2.51. The quantitative estimate of drug-likeness (QED) is 0.0855. The monoisotopic (exact) mass is 774 g/mol. The molecule has 19 heteroatoms. The second kappa shape index (κ2) is 19.4. The Hall–Kier alpha value is -2.51. The van der Waals surface area contributed by atoms with Gasteiger partial charge < -0.3 is 69.0 Å². The number of rotatable bonds is 15. The van der Waals surface area contributed by atoms with Gasteiger partial charge in [0.1, 0.15) is 31.5 Å². The number of methoxy groups -OCH3 is 2. The van der Waals surface area contributed by atoms with Crippen LogP contribution in [-0.4, -0.2) is 132 Å². The van der Waals surface area contributed by atoms with Crippen molar-refractivity contribution in [3.8, 4) is 17.2 Å². The lowest BCUT2D eigenvalue weighted by Crippen LogP contribution is -2.65. The van der Waals surface area contributed by atoms with E-state index in [1.165, 1.54) is 20.3 Å². The average molecular weight is 776 g/mol.